The summed E-state index contributed by atoms with van der Waals surface area (Å²) in [6.07, 6.45) is 1.84. The highest BCUT2D eigenvalue weighted by molar-refractivity contribution is 9.10. The minimum atomic E-state index is 0.514. The van der Waals surface area contributed by atoms with Gasteiger partial charge in [0.25, 0.3) is 0 Å². The van der Waals surface area contributed by atoms with Gasteiger partial charge in [0.15, 0.2) is 0 Å². The normalized spacial score (nSPS) is 10.6. The van der Waals surface area contributed by atoms with Crippen LogP contribution in [0.2, 0.25) is 0 Å². The number of hydrogen-bond donors (Lipinski definition) is 2. The fourth-order valence-electron chi connectivity index (χ4n) is 0.970. The average Bonchev–Trinajstić information content (AvgIpc) is 2.36. The quantitative estimate of drug-likeness (QED) is 0.700. The third kappa shape index (κ3) is 0.991. The van der Waals surface area contributed by atoms with E-state index in [1.807, 2.05) is 18.3 Å². The Morgan fingerprint density at radius 2 is 2.36 bits per heavy atom. The van der Waals surface area contributed by atoms with Crippen LogP contribution in [0.5, 0.6) is 0 Å². The molecule has 0 aliphatic carbocycles. The number of nitrogens with zero attached hydrogens (tertiary/aromatic N) is 1. The Morgan fingerprint density at radius 1 is 1.55 bits per heavy atom. The number of fused-ring (bicyclic) bond motifs is 1. The largest absolute Gasteiger partial charge is 0.383 e. The summed E-state index contributed by atoms with van der Waals surface area (Å²) in [5, 5.41) is 1.06. The van der Waals surface area contributed by atoms with Crippen molar-refractivity contribution in [1.29, 1.82) is 0 Å². The minimum absolute atomic E-state index is 0.514. The van der Waals surface area contributed by atoms with Crippen LogP contribution in [0.15, 0.2) is 22.8 Å². The van der Waals surface area contributed by atoms with E-state index in [2.05, 4.69) is 25.9 Å². The lowest BCUT2D eigenvalue weighted by Crippen LogP contribution is -1.90. The van der Waals surface area contributed by atoms with Gasteiger partial charge < -0.3 is 10.7 Å². The highest BCUT2D eigenvalue weighted by Crippen LogP contribution is 2.21. The molecular formula is C7H6BrN3. The van der Waals surface area contributed by atoms with Crippen molar-refractivity contribution in [3.8, 4) is 0 Å². The summed E-state index contributed by atoms with van der Waals surface area (Å²) in [6, 6.07) is 3.89. The Balaban J connectivity index is 2.86. The van der Waals surface area contributed by atoms with Crippen molar-refractivity contribution in [1.82, 2.24) is 9.97 Å². The molecule has 3 N–H and O–H groups in total. The molecule has 0 unspecified atom stereocenters. The van der Waals surface area contributed by atoms with E-state index < -0.39 is 0 Å². The number of nitrogens with two attached hydrogens (primary N) is 1. The first-order valence-electron chi connectivity index (χ1n) is 3.16. The standard InChI is InChI=1S/C7H6BrN3/c8-5-3-4-1-2-10-7(4)11-6(5)9/h1-3H,(H3,9,10,11). The van der Waals surface area contributed by atoms with Gasteiger partial charge in [0.1, 0.15) is 11.5 Å². The van der Waals surface area contributed by atoms with E-state index in [1.165, 1.54) is 0 Å². The molecule has 4 heteroatoms. The zero-order valence-electron chi connectivity index (χ0n) is 5.63. The molecule has 2 aromatic heterocycles. The smallest absolute Gasteiger partial charge is 0.140 e. The number of halogens is 1. The van der Waals surface area contributed by atoms with Crippen LogP contribution in [0, 0.1) is 0 Å². The van der Waals surface area contributed by atoms with Crippen LogP contribution in [0.1, 0.15) is 0 Å². The molecule has 0 aromatic carbocycles. The van der Waals surface area contributed by atoms with Crippen LogP contribution in [0.25, 0.3) is 11.0 Å². The molecular weight excluding hydrogens is 206 g/mol. The summed E-state index contributed by atoms with van der Waals surface area (Å²) in [5.41, 5.74) is 6.39. The molecule has 0 spiro atoms. The molecule has 0 amide bonds. The SMILES string of the molecule is Nc1nc2[nH]ccc2cc1Br. The summed E-state index contributed by atoms with van der Waals surface area (Å²) in [5.74, 6) is 0.514. The molecule has 11 heavy (non-hydrogen) atoms. The Bertz CT molecular complexity index is 357. The van der Waals surface area contributed by atoms with Crippen LogP contribution in [0.3, 0.4) is 0 Å². The molecule has 2 heterocycles. The molecule has 0 bridgehead atoms. The maximum Gasteiger partial charge on any atom is 0.140 e. The predicted molar refractivity (Wildman–Crippen MR) is 48.2 cm³/mol. The Hall–Kier alpha value is -1.03. The van der Waals surface area contributed by atoms with Crippen LogP contribution >= 0.6 is 15.9 Å². The summed E-state index contributed by atoms with van der Waals surface area (Å²) >= 11 is 3.30. The number of aromatic nitrogens is 2. The maximum atomic E-state index is 5.57. The van der Waals surface area contributed by atoms with E-state index in [-0.39, 0.29) is 0 Å². The number of hydrogen-bond acceptors (Lipinski definition) is 2. The maximum absolute atomic E-state index is 5.57. The molecule has 0 aliphatic heterocycles. The summed E-state index contributed by atoms with van der Waals surface area (Å²) in [6.45, 7) is 0. The minimum Gasteiger partial charge on any atom is -0.383 e. The number of nitrogens with one attached hydrogen (secondary N) is 1. The monoisotopic (exact) mass is 211 g/mol. The Labute approximate surface area is 71.7 Å². The Morgan fingerprint density at radius 3 is 3.18 bits per heavy atom. The van der Waals surface area contributed by atoms with Crippen molar-refractivity contribution < 1.29 is 0 Å². The van der Waals surface area contributed by atoms with Crippen molar-refractivity contribution >= 4 is 32.8 Å². The zero-order valence-corrected chi connectivity index (χ0v) is 7.22. The van der Waals surface area contributed by atoms with Crippen LogP contribution in [-0.4, -0.2) is 9.97 Å². The fraction of sp³-hybridized carbons (Fsp3) is 0. The van der Waals surface area contributed by atoms with Crippen molar-refractivity contribution in [2.45, 2.75) is 0 Å². The van der Waals surface area contributed by atoms with Crippen molar-refractivity contribution in [3.05, 3.63) is 22.8 Å². The number of aromatic amines is 1. The van der Waals surface area contributed by atoms with E-state index in [1.54, 1.807) is 0 Å². The van der Waals surface area contributed by atoms with Gasteiger partial charge in [-0.3, -0.25) is 0 Å². The molecule has 0 fully saturated rings. The van der Waals surface area contributed by atoms with Crippen molar-refractivity contribution in [3.63, 3.8) is 0 Å². The van der Waals surface area contributed by atoms with Gasteiger partial charge in [0, 0.05) is 11.6 Å². The molecule has 56 valence electrons. The van der Waals surface area contributed by atoms with Gasteiger partial charge in [0.05, 0.1) is 4.47 Å². The van der Waals surface area contributed by atoms with E-state index in [0.29, 0.717) is 5.82 Å². The second-order valence-electron chi connectivity index (χ2n) is 2.27. The molecule has 0 atom stereocenters. The second kappa shape index (κ2) is 2.23. The van der Waals surface area contributed by atoms with E-state index in [4.69, 9.17) is 5.73 Å². The van der Waals surface area contributed by atoms with Crippen LogP contribution in [-0.2, 0) is 0 Å². The first-order chi connectivity index (χ1) is 5.27. The van der Waals surface area contributed by atoms with E-state index in [0.717, 1.165) is 15.5 Å². The highest BCUT2D eigenvalue weighted by atomic mass is 79.9. The van der Waals surface area contributed by atoms with Crippen LogP contribution in [0.4, 0.5) is 5.82 Å². The molecule has 2 aromatic rings. The first-order valence-corrected chi connectivity index (χ1v) is 3.96. The Kier molecular flexibility index (Phi) is 1.35. The van der Waals surface area contributed by atoms with Gasteiger partial charge in [-0.1, -0.05) is 0 Å². The number of pyridine rings is 1. The third-order valence-corrected chi connectivity index (χ3v) is 2.15. The van der Waals surface area contributed by atoms with E-state index >= 15 is 0 Å². The first kappa shape index (κ1) is 6.67. The van der Waals surface area contributed by atoms with Gasteiger partial charge >= 0.3 is 0 Å². The number of H-pyrrole nitrogens is 1. The van der Waals surface area contributed by atoms with Crippen LogP contribution < -0.4 is 5.73 Å². The summed E-state index contributed by atoms with van der Waals surface area (Å²) in [7, 11) is 0. The van der Waals surface area contributed by atoms with E-state index in [9.17, 15) is 0 Å². The second-order valence-corrected chi connectivity index (χ2v) is 3.13. The summed E-state index contributed by atoms with van der Waals surface area (Å²) in [4.78, 5) is 7.09. The van der Waals surface area contributed by atoms with Crippen molar-refractivity contribution in [2.24, 2.45) is 0 Å². The predicted octanol–water partition coefficient (Wildman–Crippen LogP) is 1.91. The number of rotatable bonds is 0. The lowest BCUT2D eigenvalue weighted by Gasteiger charge is -1.95. The lowest BCUT2D eigenvalue weighted by atomic mass is 10.3. The van der Waals surface area contributed by atoms with Crippen molar-refractivity contribution in [2.75, 3.05) is 5.73 Å². The highest BCUT2D eigenvalue weighted by Gasteiger charge is 2.00. The molecule has 0 saturated heterocycles. The lowest BCUT2D eigenvalue weighted by molar-refractivity contribution is 1.32. The van der Waals surface area contributed by atoms with Gasteiger partial charge in [-0.25, -0.2) is 4.98 Å². The number of anilines is 1. The summed E-state index contributed by atoms with van der Waals surface area (Å²) < 4.78 is 0.838. The van der Waals surface area contributed by atoms with Gasteiger partial charge in [-0.2, -0.15) is 0 Å². The van der Waals surface area contributed by atoms with Gasteiger partial charge in [-0.15, -0.1) is 0 Å². The molecule has 2 rings (SSSR count). The molecule has 0 saturated carbocycles. The average molecular weight is 212 g/mol. The molecule has 0 aliphatic rings. The topological polar surface area (TPSA) is 54.7 Å². The molecule has 0 radical (unpaired) electrons. The zero-order chi connectivity index (χ0) is 7.84. The van der Waals surface area contributed by atoms with Gasteiger partial charge in [0.2, 0.25) is 0 Å². The third-order valence-electron chi connectivity index (χ3n) is 1.52. The fourth-order valence-corrected chi connectivity index (χ4v) is 1.31. The molecule has 3 nitrogen and oxygen atoms in total. The van der Waals surface area contributed by atoms with Gasteiger partial charge in [-0.05, 0) is 28.1 Å². The number of nitrogen functional groups attached to an aromatic ring is 1.